The van der Waals surface area contributed by atoms with Gasteiger partial charge in [-0.05, 0) is 0 Å². The van der Waals surface area contributed by atoms with Gasteiger partial charge in [-0.2, -0.15) is 0 Å². The first-order valence-corrected chi connectivity index (χ1v) is 13.0. The number of nitrogens with zero attached hydrogens (tertiary/aromatic N) is 1. The summed E-state index contributed by atoms with van der Waals surface area (Å²) in [5.41, 5.74) is 0. The first-order valence-electron chi connectivity index (χ1n) is 5.52. The van der Waals surface area contributed by atoms with E-state index < -0.39 is 18.4 Å². The van der Waals surface area contributed by atoms with Crippen LogP contribution in [0.5, 0.6) is 0 Å². The average molecular weight is 320 g/mol. The number of hydrogen-bond acceptors (Lipinski definition) is 1. The van der Waals surface area contributed by atoms with Gasteiger partial charge in [0.1, 0.15) is 0 Å². The predicted octanol–water partition coefficient (Wildman–Crippen LogP) is 3.30. The van der Waals surface area contributed by atoms with Gasteiger partial charge in [-0.15, -0.1) is 0 Å². The van der Waals surface area contributed by atoms with E-state index in [1.807, 2.05) is 12.4 Å². The summed E-state index contributed by atoms with van der Waals surface area (Å²) in [7, 11) is 0. The van der Waals surface area contributed by atoms with Gasteiger partial charge in [0, 0.05) is 0 Å². The second-order valence-electron chi connectivity index (χ2n) is 3.99. The van der Waals surface area contributed by atoms with E-state index in [1.165, 1.54) is 3.58 Å². The van der Waals surface area contributed by atoms with E-state index in [-0.39, 0.29) is 0 Å². The van der Waals surface area contributed by atoms with Gasteiger partial charge in [0.2, 0.25) is 0 Å². The molecule has 1 heterocycles. The fourth-order valence-electron chi connectivity index (χ4n) is 2.14. The van der Waals surface area contributed by atoms with E-state index in [0.29, 0.717) is 0 Å². The molecule has 0 N–H and O–H groups in total. The van der Waals surface area contributed by atoms with Gasteiger partial charge in [-0.3, -0.25) is 0 Å². The van der Waals surface area contributed by atoms with Crippen molar-refractivity contribution in [3.05, 3.63) is 62.5 Å². The maximum absolute atomic E-state index is 4.10. The number of pyridine rings is 1. The normalized spacial score (nSPS) is 10.8. The molecule has 1 rings (SSSR count). The molecule has 0 aliphatic carbocycles. The van der Waals surface area contributed by atoms with Crippen molar-refractivity contribution in [1.82, 2.24) is 4.98 Å². The molecular weight excluding hydrogens is 301 g/mol. The van der Waals surface area contributed by atoms with Gasteiger partial charge in [-0.25, -0.2) is 0 Å². The van der Waals surface area contributed by atoms with Crippen LogP contribution in [0.1, 0.15) is 0 Å². The third-order valence-electron chi connectivity index (χ3n) is 2.90. The Bertz CT molecular complexity index is 330. The van der Waals surface area contributed by atoms with Gasteiger partial charge in [-0.1, -0.05) is 0 Å². The molecule has 1 aromatic rings. The van der Waals surface area contributed by atoms with Crippen LogP contribution >= 0.6 is 0 Å². The van der Waals surface area contributed by atoms with Crippen LogP contribution in [-0.2, 0) is 0 Å². The van der Waals surface area contributed by atoms with Crippen LogP contribution in [0.2, 0.25) is 13.3 Å². The van der Waals surface area contributed by atoms with E-state index in [4.69, 9.17) is 0 Å². The topological polar surface area (TPSA) is 12.9 Å². The number of hydrogen-bond donors (Lipinski definition) is 0. The summed E-state index contributed by atoms with van der Waals surface area (Å²) < 4.78 is 4.90. The second kappa shape index (κ2) is 6.69. The predicted molar refractivity (Wildman–Crippen MR) is 74.6 cm³/mol. The van der Waals surface area contributed by atoms with Crippen LogP contribution in [0.15, 0.2) is 62.5 Å². The number of rotatable bonds is 7. The van der Waals surface area contributed by atoms with Crippen molar-refractivity contribution in [3.8, 4) is 0 Å². The fraction of sp³-hybridized carbons (Fsp3) is 0.214. The van der Waals surface area contributed by atoms with E-state index in [1.54, 1.807) is 0 Å². The minimum absolute atomic E-state index is 1.14. The summed E-state index contributed by atoms with van der Waals surface area (Å²) in [4.78, 5) is 4.10. The van der Waals surface area contributed by atoms with Crippen molar-refractivity contribution >= 4 is 22.0 Å². The molecule has 0 unspecified atom stereocenters. The molecule has 84 valence electrons. The molecular formula is C14H19NSn. The molecule has 0 aromatic carbocycles. The Morgan fingerprint density at radius 2 is 1.38 bits per heavy atom. The first kappa shape index (κ1) is 13.2. The summed E-state index contributed by atoms with van der Waals surface area (Å²) in [5.74, 6) is 0. The van der Waals surface area contributed by atoms with Crippen LogP contribution in [0.4, 0.5) is 0 Å². The molecule has 0 aliphatic heterocycles. The molecule has 0 fully saturated rings. The summed E-state index contributed by atoms with van der Waals surface area (Å²) in [5, 5.41) is 0. The summed E-state index contributed by atoms with van der Waals surface area (Å²) in [6, 6.07) is 4.32. The zero-order valence-corrected chi connectivity index (χ0v) is 12.6. The Hall–Kier alpha value is -0.831. The molecule has 0 saturated carbocycles. The van der Waals surface area contributed by atoms with E-state index in [2.05, 4.69) is 55.1 Å². The van der Waals surface area contributed by atoms with Crippen molar-refractivity contribution in [3.63, 3.8) is 0 Å². The fourth-order valence-corrected chi connectivity index (χ4v) is 12.8. The Morgan fingerprint density at radius 3 is 1.75 bits per heavy atom. The first-order chi connectivity index (χ1) is 7.79. The Labute approximate surface area is 102 Å². The van der Waals surface area contributed by atoms with Gasteiger partial charge in [0.15, 0.2) is 0 Å². The summed E-state index contributed by atoms with van der Waals surface area (Å²) in [6.07, 6.45) is 9.95. The van der Waals surface area contributed by atoms with Crippen LogP contribution < -0.4 is 3.58 Å². The number of aromatic nitrogens is 1. The van der Waals surface area contributed by atoms with E-state index in [0.717, 1.165) is 13.3 Å². The Morgan fingerprint density at radius 1 is 0.938 bits per heavy atom. The van der Waals surface area contributed by atoms with Crippen molar-refractivity contribution < 1.29 is 0 Å². The molecule has 0 atom stereocenters. The molecule has 1 aromatic heterocycles. The standard InChI is InChI=1S/C5H4N.3C3H5.Sn/c1-2-4-6-5-3-1;3*1-3-2;/h2-5H;3*3H,1-2H2;. The monoisotopic (exact) mass is 321 g/mol. The average Bonchev–Trinajstić information content (AvgIpc) is 2.31. The molecule has 2 heteroatoms. The maximum atomic E-state index is 4.10. The van der Waals surface area contributed by atoms with Crippen molar-refractivity contribution in [2.24, 2.45) is 0 Å². The summed E-state index contributed by atoms with van der Waals surface area (Å²) in [6.45, 7) is 11.7. The van der Waals surface area contributed by atoms with Crippen LogP contribution in [0, 0.1) is 0 Å². The molecule has 0 saturated heterocycles. The molecule has 16 heavy (non-hydrogen) atoms. The van der Waals surface area contributed by atoms with Crippen molar-refractivity contribution in [2.45, 2.75) is 13.3 Å². The molecule has 0 spiro atoms. The number of allylic oxidation sites excluding steroid dienone is 3. The quantitative estimate of drug-likeness (QED) is 0.555. The van der Waals surface area contributed by atoms with Crippen molar-refractivity contribution in [2.75, 3.05) is 0 Å². The van der Waals surface area contributed by atoms with Crippen LogP contribution in [-0.4, -0.2) is 23.4 Å². The zero-order chi connectivity index (χ0) is 11.9. The minimum atomic E-state index is -2.39. The molecule has 1 nitrogen and oxygen atoms in total. The molecule has 0 aliphatic rings. The molecule has 0 radical (unpaired) electrons. The Balaban J connectivity index is 3.13. The third kappa shape index (κ3) is 3.08. The third-order valence-corrected chi connectivity index (χ3v) is 16.5. The van der Waals surface area contributed by atoms with Gasteiger partial charge < -0.3 is 0 Å². The van der Waals surface area contributed by atoms with E-state index in [9.17, 15) is 0 Å². The van der Waals surface area contributed by atoms with Gasteiger partial charge in [0.25, 0.3) is 0 Å². The molecule has 0 bridgehead atoms. The Kier molecular flexibility index (Phi) is 5.53. The SMILES string of the molecule is C=C[CH2][Sn]([CH2]C=C)([CH2]C=C)[c]1ccncc1. The van der Waals surface area contributed by atoms with Crippen LogP contribution in [0.3, 0.4) is 0 Å². The van der Waals surface area contributed by atoms with Crippen molar-refractivity contribution in [1.29, 1.82) is 0 Å². The van der Waals surface area contributed by atoms with Gasteiger partial charge >= 0.3 is 103 Å². The molecule has 0 amide bonds. The van der Waals surface area contributed by atoms with Gasteiger partial charge in [0.05, 0.1) is 0 Å². The van der Waals surface area contributed by atoms with Crippen LogP contribution in [0.25, 0.3) is 0 Å². The summed E-state index contributed by atoms with van der Waals surface area (Å²) >= 11 is -2.39. The zero-order valence-electron chi connectivity index (χ0n) is 9.73. The van der Waals surface area contributed by atoms with E-state index >= 15 is 0 Å². The second-order valence-corrected chi connectivity index (χ2v) is 16.4.